The summed E-state index contributed by atoms with van der Waals surface area (Å²) in [5.41, 5.74) is 0.708. The van der Waals surface area contributed by atoms with E-state index in [4.69, 9.17) is 9.84 Å². The molecule has 0 saturated heterocycles. The number of aryl methyl sites for hydroxylation is 1. The van der Waals surface area contributed by atoms with Crippen molar-refractivity contribution >= 4 is 27.8 Å². The molecule has 7 nitrogen and oxygen atoms in total. The lowest BCUT2D eigenvalue weighted by Gasteiger charge is -2.24. The number of benzene rings is 1. The van der Waals surface area contributed by atoms with Crippen LogP contribution in [0.5, 0.6) is 5.75 Å². The summed E-state index contributed by atoms with van der Waals surface area (Å²) >= 11 is 0. The van der Waals surface area contributed by atoms with Crippen molar-refractivity contribution in [1.29, 1.82) is 0 Å². The van der Waals surface area contributed by atoms with Crippen molar-refractivity contribution in [1.82, 2.24) is 14.5 Å². The molecule has 148 valence electrons. The molecule has 0 bridgehead atoms. The zero-order chi connectivity index (χ0) is 20.4. The van der Waals surface area contributed by atoms with Gasteiger partial charge in [-0.05, 0) is 42.8 Å². The molecule has 0 aliphatic carbocycles. The summed E-state index contributed by atoms with van der Waals surface area (Å²) in [6.45, 7) is 4.38. The van der Waals surface area contributed by atoms with E-state index in [1.807, 2.05) is 38.1 Å². The monoisotopic (exact) mass is 383 g/mol. The summed E-state index contributed by atoms with van der Waals surface area (Å²) in [6.07, 6.45) is 3.05. The van der Waals surface area contributed by atoms with Gasteiger partial charge in [0.1, 0.15) is 5.75 Å². The van der Waals surface area contributed by atoms with Crippen molar-refractivity contribution in [3.63, 3.8) is 0 Å². The number of ether oxygens (including phenoxy) is 1. The fourth-order valence-electron chi connectivity index (χ4n) is 3.43. The van der Waals surface area contributed by atoms with Crippen LogP contribution in [0.4, 0.5) is 4.79 Å². The Bertz CT molecular complexity index is 1080. The van der Waals surface area contributed by atoms with Crippen molar-refractivity contribution in [2.45, 2.75) is 26.3 Å². The maximum Gasteiger partial charge on any atom is 0.407 e. The average molecular weight is 383 g/mol. The number of fused-ring (bicyclic) bond motifs is 3. The molecule has 28 heavy (non-hydrogen) atoms. The quantitative estimate of drug-likeness (QED) is 0.659. The molecule has 1 N–H and O–H groups in total. The molecule has 0 aliphatic rings. The molecule has 3 rings (SSSR count). The Kier molecular flexibility index (Phi) is 5.53. The zero-order valence-corrected chi connectivity index (χ0v) is 16.5. The minimum atomic E-state index is -0.932. The molecule has 2 heterocycles. The SMILES string of the molecule is CC(COc1ccc2c3ccncc3c(=O)n(C)c2c1)CC(C)N(C)C(=O)O. The van der Waals surface area contributed by atoms with Crippen molar-refractivity contribution in [2.24, 2.45) is 13.0 Å². The third kappa shape index (κ3) is 3.78. The molecule has 0 aliphatic heterocycles. The molecule has 0 spiro atoms. The summed E-state index contributed by atoms with van der Waals surface area (Å²) in [7, 11) is 3.32. The van der Waals surface area contributed by atoms with E-state index >= 15 is 0 Å². The van der Waals surface area contributed by atoms with E-state index in [1.54, 1.807) is 31.1 Å². The molecule has 2 unspecified atom stereocenters. The van der Waals surface area contributed by atoms with Gasteiger partial charge >= 0.3 is 6.09 Å². The number of hydrogen-bond donors (Lipinski definition) is 1. The number of rotatable bonds is 6. The van der Waals surface area contributed by atoms with Crippen LogP contribution in [0, 0.1) is 5.92 Å². The van der Waals surface area contributed by atoms with Crippen LogP contribution in [0.1, 0.15) is 20.3 Å². The van der Waals surface area contributed by atoms with Gasteiger partial charge in [-0.25, -0.2) is 4.79 Å². The van der Waals surface area contributed by atoms with Crippen molar-refractivity contribution in [3.05, 3.63) is 47.0 Å². The number of amides is 1. The summed E-state index contributed by atoms with van der Waals surface area (Å²) in [5.74, 6) is 0.862. The number of aromatic nitrogens is 2. The summed E-state index contributed by atoms with van der Waals surface area (Å²) in [5, 5.41) is 11.5. The third-order valence-corrected chi connectivity index (χ3v) is 5.22. The molecule has 3 aromatic rings. The maximum atomic E-state index is 12.6. The molecule has 7 heteroatoms. The fraction of sp³-hybridized carbons (Fsp3) is 0.381. The highest BCUT2D eigenvalue weighted by Crippen LogP contribution is 2.26. The lowest BCUT2D eigenvalue weighted by molar-refractivity contribution is 0.131. The van der Waals surface area contributed by atoms with Crippen molar-refractivity contribution < 1.29 is 14.6 Å². The van der Waals surface area contributed by atoms with Crippen LogP contribution >= 0.6 is 0 Å². The second-order valence-corrected chi connectivity index (χ2v) is 7.36. The Balaban J connectivity index is 1.80. The highest BCUT2D eigenvalue weighted by molar-refractivity contribution is 6.05. The molecule has 0 fully saturated rings. The second kappa shape index (κ2) is 7.88. The molecule has 2 aromatic heterocycles. The summed E-state index contributed by atoms with van der Waals surface area (Å²) in [4.78, 5) is 29.0. The minimum absolute atomic E-state index is 0.0894. The molecule has 2 atom stereocenters. The third-order valence-electron chi connectivity index (χ3n) is 5.22. The summed E-state index contributed by atoms with van der Waals surface area (Å²) in [6, 6.07) is 7.48. The maximum absolute atomic E-state index is 12.6. The summed E-state index contributed by atoms with van der Waals surface area (Å²) < 4.78 is 7.54. The highest BCUT2D eigenvalue weighted by atomic mass is 16.5. The Morgan fingerprint density at radius 1 is 1.25 bits per heavy atom. The van der Waals surface area contributed by atoms with Crippen LogP contribution in [0.3, 0.4) is 0 Å². The molecular weight excluding hydrogens is 358 g/mol. The number of carbonyl (C=O) groups is 1. The molecule has 0 saturated carbocycles. The Labute approximate surface area is 163 Å². The van der Waals surface area contributed by atoms with E-state index < -0.39 is 6.09 Å². The van der Waals surface area contributed by atoms with E-state index in [-0.39, 0.29) is 17.5 Å². The van der Waals surface area contributed by atoms with Crippen LogP contribution in [0.15, 0.2) is 41.5 Å². The number of hydrogen-bond acceptors (Lipinski definition) is 4. The van der Waals surface area contributed by atoms with Gasteiger partial charge in [0.25, 0.3) is 5.56 Å². The Morgan fingerprint density at radius 3 is 2.71 bits per heavy atom. The number of nitrogens with zero attached hydrogens (tertiary/aromatic N) is 3. The van der Waals surface area contributed by atoms with Crippen LogP contribution in [0.25, 0.3) is 21.7 Å². The molecule has 1 aromatic carbocycles. The first kappa shape index (κ1) is 19.7. The number of carboxylic acid groups (broad SMARTS) is 1. The van der Waals surface area contributed by atoms with E-state index in [9.17, 15) is 9.59 Å². The Hall–Kier alpha value is -3.09. The van der Waals surface area contributed by atoms with Crippen LogP contribution in [-0.4, -0.2) is 45.3 Å². The lowest BCUT2D eigenvalue weighted by atomic mass is 10.0. The van der Waals surface area contributed by atoms with Crippen LogP contribution in [0.2, 0.25) is 0 Å². The first-order valence-electron chi connectivity index (χ1n) is 9.24. The van der Waals surface area contributed by atoms with Crippen LogP contribution < -0.4 is 10.3 Å². The number of pyridine rings is 2. The van der Waals surface area contributed by atoms with Gasteiger partial charge in [0.15, 0.2) is 0 Å². The largest absolute Gasteiger partial charge is 0.493 e. The zero-order valence-electron chi connectivity index (χ0n) is 16.5. The van der Waals surface area contributed by atoms with Crippen molar-refractivity contribution in [2.75, 3.05) is 13.7 Å². The predicted molar refractivity (Wildman–Crippen MR) is 109 cm³/mol. The predicted octanol–water partition coefficient (Wildman–Crippen LogP) is 3.49. The molecule has 0 radical (unpaired) electrons. The lowest BCUT2D eigenvalue weighted by Crippen LogP contribution is -2.35. The van der Waals surface area contributed by atoms with Gasteiger partial charge in [0.2, 0.25) is 0 Å². The Morgan fingerprint density at radius 2 is 2.00 bits per heavy atom. The highest BCUT2D eigenvalue weighted by Gasteiger charge is 2.17. The molecule has 1 amide bonds. The normalized spacial score (nSPS) is 13.4. The van der Waals surface area contributed by atoms with Gasteiger partial charge in [-0.1, -0.05) is 6.92 Å². The van der Waals surface area contributed by atoms with E-state index in [0.29, 0.717) is 24.2 Å². The van der Waals surface area contributed by atoms with Gasteiger partial charge in [-0.15, -0.1) is 0 Å². The van der Waals surface area contributed by atoms with Gasteiger partial charge in [0, 0.05) is 44.0 Å². The smallest absolute Gasteiger partial charge is 0.407 e. The minimum Gasteiger partial charge on any atom is -0.493 e. The van der Waals surface area contributed by atoms with Gasteiger partial charge in [0.05, 0.1) is 17.5 Å². The fourth-order valence-corrected chi connectivity index (χ4v) is 3.43. The van der Waals surface area contributed by atoms with E-state index in [2.05, 4.69) is 4.98 Å². The van der Waals surface area contributed by atoms with Gasteiger partial charge in [-0.3, -0.25) is 9.78 Å². The van der Waals surface area contributed by atoms with Crippen LogP contribution in [-0.2, 0) is 7.05 Å². The second-order valence-electron chi connectivity index (χ2n) is 7.36. The van der Waals surface area contributed by atoms with E-state index in [0.717, 1.165) is 16.3 Å². The standard InChI is InChI=1S/C21H25N3O4/c1-13(9-14(2)23(3)21(26)27)12-28-15-5-6-17-16-7-8-22-11-18(16)20(25)24(4)19(17)10-15/h5-8,10-11,13-14H,9,12H2,1-4H3,(H,26,27). The molecular formula is C21H25N3O4. The first-order valence-corrected chi connectivity index (χ1v) is 9.24. The average Bonchev–Trinajstić information content (AvgIpc) is 2.69. The first-order chi connectivity index (χ1) is 13.3. The van der Waals surface area contributed by atoms with E-state index in [1.165, 1.54) is 4.90 Å². The van der Waals surface area contributed by atoms with Crippen molar-refractivity contribution in [3.8, 4) is 5.75 Å². The van der Waals surface area contributed by atoms with Gasteiger partial charge < -0.3 is 19.3 Å². The topological polar surface area (TPSA) is 84.7 Å². The van der Waals surface area contributed by atoms with Gasteiger partial charge in [-0.2, -0.15) is 0 Å².